The predicted octanol–water partition coefficient (Wildman–Crippen LogP) is 3.94. The fourth-order valence-electron chi connectivity index (χ4n) is 5.72. The molecule has 1 unspecified atom stereocenters. The Morgan fingerprint density at radius 3 is 2.73 bits per heavy atom. The van der Waals surface area contributed by atoms with Gasteiger partial charge in [-0.1, -0.05) is 18.7 Å². The van der Waals surface area contributed by atoms with E-state index in [0.29, 0.717) is 29.8 Å². The molecule has 4 N–H and O–H groups in total. The Bertz CT molecular complexity index is 1410. The van der Waals surface area contributed by atoms with Gasteiger partial charge in [0, 0.05) is 54.0 Å². The third kappa shape index (κ3) is 5.39. The molecule has 2 aliphatic rings. The number of H-pyrrole nitrogens is 1. The monoisotopic (exact) mass is 546 g/mol. The second kappa shape index (κ2) is 11.3. The summed E-state index contributed by atoms with van der Waals surface area (Å²) in [4.78, 5) is 34.2. The lowest BCUT2D eigenvalue weighted by atomic mass is 9.91. The number of rotatable bonds is 8. The summed E-state index contributed by atoms with van der Waals surface area (Å²) in [6, 6.07) is 7.43. The molecule has 4 heterocycles. The van der Waals surface area contributed by atoms with Crippen molar-refractivity contribution in [2.45, 2.75) is 44.8 Å². The molecule has 1 saturated heterocycles. The summed E-state index contributed by atoms with van der Waals surface area (Å²) in [7, 11) is 4.06. The third-order valence-electron chi connectivity index (χ3n) is 7.91. The van der Waals surface area contributed by atoms with E-state index in [1.807, 2.05) is 57.1 Å². The Kier molecular flexibility index (Phi) is 7.77. The maximum atomic E-state index is 13.7. The summed E-state index contributed by atoms with van der Waals surface area (Å²) in [6.07, 6.45) is 4.81. The zero-order chi connectivity index (χ0) is 28.4. The van der Waals surface area contributed by atoms with Crippen LogP contribution in [0, 0.1) is 5.92 Å². The van der Waals surface area contributed by atoms with Gasteiger partial charge in [0.25, 0.3) is 0 Å². The average Bonchev–Trinajstić information content (AvgIpc) is 3.46. The Morgan fingerprint density at radius 1 is 1.23 bits per heavy atom. The van der Waals surface area contributed by atoms with Crippen LogP contribution in [-0.2, 0) is 21.6 Å². The lowest BCUT2D eigenvalue weighted by Gasteiger charge is -2.37. The van der Waals surface area contributed by atoms with Crippen molar-refractivity contribution in [3.63, 3.8) is 0 Å². The number of nitrogens with one attached hydrogen (secondary N) is 4. The van der Waals surface area contributed by atoms with E-state index in [0.717, 1.165) is 54.6 Å². The van der Waals surface area contributed by atoms with Crippen LogP contribution in [0.4, 0.5) is 22.1 Å². The van der Waals surface area contributed by atoms with Crippen molar-refractivity contribution < 1.29 is 14.3 Å². The molecule has 212 valence electrons. The molecule has 11 nitrogen and oxygen atoms in total. The van der Waals surface area contributed by atoms with Crippen LogP contribution in [0.2, 0.25) is 0 Å². The largest absolute Gasteiger partial charge is 0.381 e. The highest BCUT2D eigenvalue weighted by molar-refractivity contribution is 6.08. The fraction of sp³-hybridized carbons (Fsp3) is 0.448. The van der Waals surface area contributed by atoms with E-state index in [2.05, 4.69) is 42.6 Å². The second-order valence-corrected chi connectivity index (χ2v) is 11.2. The topological polar surface area (TPSA) is 128 Å². The number of amides is 3. The molecule has 0 aliphatic carbocycles. The van der Waals surface area contributed by atoms with E-state index in [9.17, 15) is 9.59 Å². The second-order valence-electron chi connectivity index (χ2n) is 11.2. The number of urea groups is 1. The van der Waals surface area contributed by atoms with Gasteiger partial charge >= 0.3 is 6.03 Å². The van der Waals surface area contributed by atoms with Crippen LogP contribution in [0.15, 0.2) is 43.1 Å². The van der Waals surface area contributed by atoms with E-state index in [1.54, 1.807) is 6.20 Å². The lowest BCUT2D eigenvalue weighted by molar-refractivity contribution is -0.111. The number of benzene rings is 1. The average molecular weight is 547 g/mol. The molecule has 0 saturated carbocycles. The van der Waals surface area contributed by atoms with Crippen LogP contribution in [0.25, 0.3) is 10.8 Å². The molecule has 1 fully saturated rings. The normalized spacial score (nSPS) is 17.5. The molecule has 11 heteroatoms. The van der Waals surface area contributed by atoms with E-state index in [-0.39, 0.29) is 18.0 Å². The van der Waals surface area contributed by atoms with E-state index in [1.165, 1.54) is 6.08 Å². The van der Waals surface area contributed by atoms with Crippen molar-refractivity contribution in [1.82, 2.24) is 30.3 Å². The fourth-order valence-corrected chi connectivity index (χ4v) is 5.72. The molecule has 5 rings (SSSR count). The summed E-state index contributed by atoms with van der Waals surface area (Å²) >= 11 is 0. The molecule has 0 bridgehead atoms. The van der Waals surface area contributed by atoms with Crippen molar-refractivity contribution in [1.29, 1.82) is 0 Å². The van der Waals surface area contributed by atoms with Gasteiger partial charge in [0.15, 0.2) is 5.82 Å². The number of hydrogen-bond donors (Lipinski definition) is 4. The summed E-state index contributed by atoms with van der Waals surface area (Å²) in [5.74, 6) is 1.32. The van der Waals surface area contributed by atoms with Crippen LogP contribution in [0.3, 0.4) is 0 Å². The van der Waals surface area contributed by atoms with Gasteiger partial charge in [0.1, 0.15) is 5.82 Å². The molecule has 1 atom stereocenters. The van der Waals surface area contributed by atoms with Gasteiger partial charge in [0.05, 0.1) is 17.8 Å². The van der Waals surface area contributed by atoms with Crippen molar-refractivity contribution in [3.05, 3.63) is 54.4 Å². The highest BCUT2D eigenvalue weighted by atomic mass is 16.5. The van der Waals surface area contributed by atoms with Crippen molar-refractivity contribution in [3.8, 4) is 0 Å². The number of aromatic amines is 1. The summed E-state index contributed by atoms with van der Waals surface area (Å²) in [5, 5.41) is 18.9. The predicted molar refractivity (Wildman–Crippen MR) is 155 cm³/mol. The van der Waals surface area contributed by atoms with Gasteiger partial charge < -0.3 is 30.5 Å². The maximum Gasteiger partial charge on any atom is 0.318 e. The molecule has 0 radical (unpaired) electrons. The van der Waals surface area contributed by atoms with Crippen LogP contribution in [0.1, 0.15) is 37.9 Å². The molecule has 2 aromatic heterocycles. The van der Waals surface area contributed by atoms with Gasteiger partial charge in [-0.25, -0.2) is 9.78 Å². The molecule has 0 spiro atoms. The number of likely N-dealkylation sites (N-methyl/N-ethyl adjacent to an activating group) is 1. The minimum absolute atomic E-state index is 0.0347. The zero-order valence-corrected chi connectivity index (χ0v) is 23.6. The number of nitrogens with zero attached hydrogens (tertiary/aromatic N) is 4. The summed E-state index contributed by atoms with van der Waals surface area (Å²) in [6.45, 7) is 10.2. The van der Waals surface area contributed by atoms with Gasteiger partial charge in [-0.15, -0.1) is 0 Å². The van der Waals surface area contributed by atoms with E-state index < -0.39 is 5.54 Å². The Hall–Kier alpha value is -3.96. The van der Waals surface area contributed by atoms with Crippen molar-refractivity contribution in [2.24, 2.45) is 5.92 Å². The number of fused-ring (bicyclic) bond motifs is 2. The van der Waals surface area contributed by atoms with Crippen LogP contribution >= 0.6 is 0 Å². The van der Waals surface area contributed by atoms with Gasteiger partial charge in [-0.3, -0.25) is 9.89 Å². The van der Waals surface area contributed by atoms with Crippen LogP contribution < -0.4 is 16.0 Å². The standard InChI is InChI=1S/C29H38N8O3/c1-6-24(38)31-22-9-7-8-20-19(22)10-13-30-26(20)33-27-21-16-37(29(2,3)25(21)34-35-27)28(39)32-23(17-36(4)5)18-11-14-40-15-12-18/h6-10,13,18,23H,1,11-12,14-17H2,2-5H3,(H,31,38)(H,32,39)(H2,30,33,34,35). The Morgan fingerprint density at radius 2 is 2.00 bits per heavy atom. The molecular formula is C29H38N8O3. The van der Waals surface area contributed by atoms with Crippen LogP contribution in [0.5, 0.6) is 0 Å². The van der Waals surface area contributed by atoms with E-state index in [4.69, 9.17) is 4.74 Å². The minimum atomic E-state index is -0.584. The summed E-state index contributed by atoms with van der Waals surface area (Å²) < 4.78 is 5.56. The number of carbonyl (C=O) groups is 2. The first-order valence-electron chi connectivity index (χ1n) is 13.7. The van der Waals surface area contributed by atoms with Gasteiger partial charge in [-0.05, 0) is 64.9 Å². The van der Waals surface area contributed by atoms with Gasteiger partial charge in [-0.2, -0.15) is 5.10 Å². The first kappa shape index (κ1) is 27.6. The van der Waals surface area contributed by atoms with Crippen LogP contribution in [-0.4, -0.2) is 76.8 Å². The highest BCUT2D eigenvalue weighted by Gasteiger charge is 2.44. The number of carbonyl (C=O) groups excluding carboxylic acids is 2. The molecule has 1 aromatic carbocycles. The number of anilines is 3. The van der Waals surface area contributed by atoms with Crippen molar-refractivity contribution in [2.75, 3.05) is 44.5 Å². The number of pyridine rings is 1. The Labute approximate surface area is 234 Å². The highest BCUT2D eigenvalue weighted by Crippen LogP contribution is 2.41. The molecule has 3 aromatic rings. The van der Waals surface area contributed by atoms with E-state index >= 15 is 0 Å². The molecule has 40 heavy (non-hydrogen) atoms. The smallest absolute Gasteiger partial charge is 0.318 e. The van der Waals surface area contributed by atoms with Crippen molar-refractivity contribution >= 4 is 40.0 Å². The minimum Gasteiger partial charge on any atom is -0.381 e. The zero-order valence-electron chi connectivity index (χ0n) is 23.6. The number of hydrogen-bond acceptors (Lipinski definition) is 7. The quantitative estimate of drug-likeness (QED) is 0.315. The summed E-state index contributed by atoms with van der Waals surface area (Å²) in [5.41, 5.74) is 1.89. The molecular weight excluding hydrogens is 508 g/mol. The molecule has 2 aliphatic heterocycles. The molecule has 3 amide bonds. The third-order valence-corrected chi connectivity index (χ3v) is 7.91. The number of aromatic nitrogens is 3. The van der Waals surface area contributed by atoms with Gasteiger partial charge in [0.2, 0.25) is 5.91 Å². The first-order chi connectivity index (χ1) is 19.2. The first-order valence-corrected chi connectivity index (χ1v) is 13.7. The Balaban J connectivity index is 1.37. The SMILES string of the molecule is C=CC(=O)Nc1cccc2c(Nc3n[nH]c4c3CN(C(=O)NC(CN(C)C)C3CCOCC3)C4(C)C)nccc12. The lowest BCUT2D eigenvalue weighted by Crippen LogP contribution is -2.54. The number of ether oxygens (including phenoxy) is 1. The maximum absolute atomic E-state index is 13.7.